The highest BCUT2D eigenvalue weighted by molar-refractivity contribution is 5.97. The molecule has 21 heavy (non-hydrogen) atoms. The second-order valence-corrected chi connectivity index (χ2v) is 4.92. The fourth-order valence-corrected chi connectivity index (χ4v) is 2.28. The van der Waals surface area contributed by atoms with Crippen LogP contribution in [0.4, 0.5) is 11.4 Å². The molecule has 6 heteroatoms. The monoisotopic (exact) mass is 290 g/mol. The summed E-state index contributed by atoms with van der Waals surface area (Å²) in [6.45, 7) is 0. The molecule has 0 radical (unpaired) electrons. The lowest BCUT2D eigenvalue weighted by atomic mass is 10.0. The number of fused-ring (bicyclic) bond motifs is 1. The summed E-state index contributed by atoms with van der Waals surface area (Å²) in [5, 5.41) is 2.75. The van der Waals surface area contributed by atoms with Gasteiger partial charge in [-0.3, -0.25) is 14.4 Å². The third-order valence-electron chi connectivity index (χ3n) is 3.49. The maximum absolute atomic E-state index is 11.7. The van der Waals surface area contributed by atoms with Gasteiger partial charge in [-0.2, -0.15) is 0 Å². The highest BCUT2D eigenvalue weighted by Crippen LogP contribution is 2.29. The van der Waals surface area contributed by atoms with Crippen LogP contribution in [0.1, 0.15) is 24.8 Å². The van der Waals surface area contributed by atoms with E-state index in [0.29, 0.717) is 18.5 Å². The summed E-state index contributed by atoms with van der Waals surface area (Å²) in [4.78, 5) is 36.0. The van der Waals surface area contributed by atoms with Crippen molar-refractivity contribution in [3.05, 3.63) is 23.8 Å². The van der Waals surface area contributed by atoms with E-state index in [-0.39, 0.29) is 24.7 Å². The summed E-state index contributed by atoms with van der Waals surface area (Å²) in [6, 6.07) is 5.45. The first-order valence-electron chi connectivity index (χ1n) is 6.77. The van der Waals surface area contributed by atoms with Gasteiger partial charge in [0.15, 0.2) is 0 Å². The van der Waals surface area contributed by atoms with Gasteiger partial charge in [0.2, 0.25) is 11.8 Å². The maximum atomic E-state index is 11.7. The Kier molecular flexibility index (Phi) is 4.57. The van der Waals surface area contributed by atoms with Gasteiger partial charge in [-0.25, -0.2) is 0 Å². The third kappa shape index (κ3) is 3.59. The molecule has 2 amide bonds. The number of hydrogen-bond acceptors (Lipinski definition) is 4. The van der Waals surface area contributed by atoms with E-state index >= 15 is 0 Å². The summed E-state index contributed by atoms with van der Waals surface area (Å²) in [6.07, 6.45) is 1.29. The quantitative estimate of drug-likeness (QED) is 0.852. The van der Waals surface area contributed by atoms with Crippen LogP contribution in [-0.2, 0) is 25.5 Å². The van der Waals surface area contributed by atoms with E-state index in [0.717, 1.165) is 11.3 Å². The summed E-state index contributed by atoms with van der Waals surface area (Å²) >= 11 is 0. The van der Waals surface area contributed by atoms with Crippen LogP contribution in [0.3, 0.4) is 0 Å². The van der Waals surface area contributed by atoms with Crippen molar-refractivity contribution in [1.82, 2.24) is 0 Å². The summed E-state index contributed by atoms with van der Waals surface area (Å²) < 4.78 is 4.49. The number of ether oxygens (including phenoxy) is 1. The lowest BCUT2D eigenvalue weighted by Crippen LogP contribution is -2.31. The Bertz CT molecular complexity index is 583. The van der Waals surface area contributed by atoms with Gasteiger partial charge in [0.1, 0.15) is 0 Å². The Morgan fingerprint density at radius 2 is 2.05 bits per heavy atom. The van der Waals surface area contributed by atoms with Gasteiger partial charge < -0.3 is 15.0 Å². The van der Waals surface area contributed by atoms with E-state index in [9.17, 15) is 14.4 Å². The highest BCUT2D eigenvalue weighted by atomic mass is 16.5. The van der Waals surface area contributed by atoms with Gasteiger partial charge in [0.05, 0.1) is 13.5 Å². The number of nitrogens with one attached hydrogen (secondary N) is 1. The number of rotatable bonds is 4. The van der Waals surface area contributed by atoms with Crippen molar-refractivity contribution in [3.8, 4) is 0 Å². The molecule has 0 bridgehead atoms. The van der Waals surface area contributed by atoms with Crippen LogP contribution in [0.15, 0.2) is 18.2 Å². The molecule has 1 aliphatic rings. The minimum Gasteiger partial charge on any atom is -0.469 e. The molecule has 0 spiro atoms. The van der Waals surface area contributed by atoms with Crippen molar-refractivity contribution in [2.75, 3.05) is 24.4 Å². The first kappa shape index (κ1) is 15.0. The van der Waals surface area contributed by atoms with Crippen molar-refractivity contribution < 1.29 is 19.1 Å². The molecule has 6 nitrogen and oxygen atoms in total. The van der Waals surface area contributed by atoms with E-state index < -0.39 is 5.97 Å². The number of methoxy groups -OCH3 is 1. The average Bonchev–Trinajstić information content (AvgIpc) is 2.48. The Morgan fingerprint density at radius 1 is 1.29 bits per heavy atom. The number of esters is 1. The van der Waals surface area contributed by atoms with Crippen molar-refractivity contribution in [3.63, 3.8) is 0 Å². The Balaban J connectivity index is 2.01. The van der Waals surface area contributed by atoms with E-state index in [4.69, 9.17) is 0 Å². The number of nitrogens with zero attached hydrogens (tertiary/aromatic N) is 1. The van der Waals surface area contributed by atoms with Crippen LogP contribution in [0.2, 0.25) is 0 Å². The standard InChI is InChI=1S/C15H18N2O4/c1-17-12-5-4-11(9-10(12)3-7-14(17)19)16-13(18)6-8-15(20)21-2/h4-5,9H,3,6-8H2,1-2H3,(H,16,18). The van der Waals surface area contributed by atoms with Gasteiger partial charge in [-0.05, 0) is 30.2 Å². The van der Waals surface area contributed by atoms with Crippen LogP contribution in [0.25, 0.3) is 0 Å². The van der Waals surface area contributed by atoms with Crippen molar-refractivity contribution in [2.45, 2.75) is 25.7 Å². The number of aryl methyl sites for hydroxylation is 1. The van der Waals surface area contributed by atoms with Crippen LogP contribution in [0, 0.1) is 0 Å². The molecule has 1 aliphatic heterocycles. The number of amides is 2. The van der Waals surface area contributed by atoms with Gasteiger partial charge in [-0.15, -0.1) is 0 Å². The molecule has 0 unspecified atom stereocenters. The zero-order valence-electron chi connectivity index (χ0n) is 12.1. The Morgan fingerprint density at radius 3 is 2.76 bits per heavy atom. The lowest BCUT2D eigenvalue weighted by molar-refractivity contribution is -0.141. The molecule has 0 saturated heterocycles. The van der Waals surface area contributed by atoms with Crippen LogP contribution in [0.5, 0.6) is 0 Å². The molecule has 0 aliphatic carbocycles. The maximum Gasteiger partial charge on any atom is 0.306 e. The molecular weight excluding hydrogens is 272 g/mol. The topological polar surface area (TPSA) is 75.7 Å². The zero-order chi connectivity index (χ0) is 15.4. The first-order valence-corrected chi connectivity index (χ1v) is 6.77. The highest BCUT2D eigenvalue weighted by Gasteiger charge is 2.21. The molecular formula is C15H18N2O4. The van der Waals surface area contributed by atoms with Crippen LogP contribution in [-0.4, -0.2) is 31.9 Å². The molecule has 1 aromatic carbocycles. The predicted molar refractivity (Wildman–Crippen MR) is 78.1 cm³/mol. The van der Waals surface area contributed by atoms with Crippen molar-refractivity contribution in [1.29, 1.82) is 0 Å². The second-order valence-electron chi connectivity index (χ2n) is 4.92. The lowest BCUT2D eigenvalue weighted by Gasteiger charge is -2.26. The number of hydrogen-bond donors (Lipinski definition) is 1. The van der Waals surface area contributed by atoms with E-state index in [1.165, 1.54) is 7.11 Å². The van der Waals surface area contributed by atoms with Crippen LogP contribution < -0.4 is 10.2 Å². The number of benzene rings is 1. The molecule has 2 rings (SSSR count). The van der Waals surface area contributed by atoms with Gasteiger partial charge in [0.25, 0.3) is 0 Å². The molecule has 1 aromatic rings. The normalized spacial score (nSPS) is 13.6. The number of carbonyl (C=O) groups excluding carboxylic acids is 3. The van der Waals surface area contributed by atoms with Crippen molar-refractivity contribution in [2.24, 2.45) is 0 Å². The first-order chi connectivity index (χ1) is 10.0. The minimum absolute atomic E-state index is 0.0600. The Hall–Kier alpha value is -2.37. The third-order valence-corrected chi connectivity index (χ3v) is 3.49. The van der Waals surface area contributed by atoms with E-state index in [2.05, 4.69) is 10.1 Å². The van der Waals surface area contributed by atoms with Gasteiger partial charge in [-0.1, -0.05) is 0 Å². The molecule has 1 N–H and O–H groups in total. The minimum atomic E-state index is -0.407. The molecule has 0 aromatic heterocycles. The largest absolute Gasteiger partial charge is 0.469 e. The average molecular weight is 290 g/mol. The van der Waals surface area contributed by atoms with Crippen molar-refractivity contribution >= 4 is 29.2 Å². The number of anilines is 2. The SMILES string of the molecule is COC(=O)CCC(=O)Nc1ccc2c(c1)CCC(=O)N2C. The van der Waals surface area contributed by atoms with E-state index in [1.54, 1.807) is 18.0 Å². The smallest absolute Gasteiger partial charge is 0.306 e. The fourth-order valence-electron chi connectivity index (χ4n) is 2.28. The van der Waals surface area contributed by atoms with Crippen LogP contribution >= 0.6 is 0 Å². The second kappa shape index (κ2) is 6.39. The summed E-state index contributed by atoms with van der Waals surface area (Å²) in [5.41, 5.74) is 2.58. The summed E-state index contributed by atoms with van der Waals surface area (Å²) in [5.74, 6) is -0.548. The molecule has 0 fully saturated rings. The molecule has 0 saturated carbocycles. The fraction of sp³-hybridized carbons (Fsp3) is 0.400. The van der Waals surface area contributed by atoms with Gasteiger partial charge in [0, 0.05) is 31.3 Å². The predicted octanol–water partition coefficient (Wildman–Crippen LogP) is 1.49. The molecule has 1 heterocycles. The molecule has 112 valence electrons. The molecule has 0 atom stereocenters. The summed E-state index contributed by atoms with van der Waals surface area (Å²) in [7, 11) is 3.04. The van der Waals surface area contributed by atoms with Gasteiger partial charge >= 0.3 is 5.97 Å². The zero-order valence-corrected chi connectivity index (χ0v) is 12.1. The Labute approximate surface area is 123 Å². The van der Waals surface area contributed by atoms with E-state index in [1.807, 2.05) is 12.1 Å². The number of carbonyl (C=O) groups is 3.